The van der Waals surface area contributed by atoms with E-state index in [1.165, 1.54) is 0 Å². The highest BCUT2D eigenvalue weighted by Crippen LogP contribution is 2.28. The van der Waals surface area contributed by atoms with Crippen LogP contribution in [0.2, 0.25) is 0 Å². The normalized spacial score (nSPS) is 10.9. The van der Waals surface area contributed by atoms with Gasteiger partial charge in [-0.15, -0.1) is 0 Å². The fourth-order valence-electron chi connectivity index (χ4n) is 1.51. The molecule has 4 heteroatoms. The van der Waals surface area contributed by atoms with Crippen LogP contribution >= 0.6 is 15.9 Å². The highest BCUT2D eigenvalue weighted by atomic mass is 79.9. The Morgan fingerprint density at radius 3 is 2.71 bits per heavy atom. The molecule has 1 rings (SSSR count). The Balaban J connectivity index is 2.57. The number of rotatable bonds is 6. The third kappa shape index (κ3) is 4.28. The number of hydrogen-bond donors (Lipinski definition) is 1. The zero-order valence-electron chi connectivity index (χ0n) is 10.3. The maximum absolute atomic E-state index is 13.8. The van der Waals surface area contributed by atoms with Crippen molar-refractivity contribution < 1.29 is 9.13 Å². The SMILES string of the molecule is CC(C)CCCOc1ccc(CN)c(Br)c1F. The highest BCUT2D eigenvalue weighted by Gasteiger charge is 2.11. The molecule has 1 aromatic rings. The first kappa shape index (κ1) is 14.5. The molecule has 0 fully saturated rings. The summed E-state index contributed by atoms with van der Waals surface area (Å²) >= 11 is 3.19. The maximum atomic E-state index is 13.8. The molecule has 1 aromatic carbocycles. The lowest BCUT2D eigenvalue weighted by Gasteiger charge is -2.11. The monoisotopic (exact) mass is 303 g/mol. The van der Waals surface area contributed by atoms with E-state index in [1.54, 1.807) is 12.1 Å². The van der Waals surface area contributed by atoms with Crippen molar-refractivity contribution >= 4 is 15.9 Å². The number of ether oxygens (including phenoxy) is 1. The first-order valence-corrected chi connectivity index (χ1v) is 6.65. The number of nitrogens with two attached hydrogens (primary N) is 1. The van der Waals surface area contributed by atoms with Crippen molar-refractivity contribution in [3.63, 3.8) is 0 Å². The Labute approximate surface area is 110 Å². The summed E-state index contributed by atoms with van der Waals surface area (Å²) in [6.07, 6.45) is 2.02. The molecular weight excluding hydrogens is 285 g/mol. The fourth-order valence-corrected chi connectivity index (χ4v) is 2.00. The zero-order chi connectivity index (χ0) is 12.8. The van der Waals surface area contributed by atoms with Crippen molar-refractivity contribution in [3.8, 4) is 5.75 Å². The number of hydrogen-bond acceptors (Lipinski definition) is 2. The van der Waals surface area contributed by atoms with Gasteiger partial charge in [0, 0.05) is 6.54 Å². The highest BCUT2D eigenvalue weighted by molar-refractivity contribution is 9.10. The number of halogens is 2. The molecule has 0 radical (unpaired) electrons. The van der Waals surface area contributed by atoms with Gasteiger partial charge in [-0.2, -0.15) is 0 Å². The van der Waals surface area contributed by atoms with Crippen molar-refractivity contribution in [3.05, 3.63) is 28.0 Å². The Hall–Kier alpha value is -0.610. The third-order valence-corrected chi connectivity index (χ3v) is 3.39. The summed E-state index contributed by atoms with van der Waals surface area (Å²) in [6, 6.07) is 3.42. The van der Waals surface area contributed by atoms with Crippen LogP contribution in [0, 0.1) is 11.7 Å². The van der Waals surface area contributed by atoms with Crippen molar-refractivity contribution in [2.45, 2.75) is 33.2 Å². The standard InChI is InChI=1S/C13H19BrFNO/c1-9(2)4-3-7-17-11-6-5-10(8-16)12(14)13(11)15/h5-6,9H,3-4,7-8,16H2,1-2H3. The van der Waals surface area contributed by atoms with Crippen LogP contribution in [0.3, 0.4) is 0 Å². The van der Waals surface area contributed by atoms with Gasteiger partial charge in [-0.1, -0.05) is 19.9 Å². The lowest BCUT2D eigenvalue weighted by Crippen LogP contribution is -2.04. The van der Waals surface area contributed by atoms with E-state index in [4.69, 9.17) is 10.5 Å². The van der Waals surface area contributed by atoms with Crippen LogP contribution < -0.4 is 10.5 Å². The summed E-state index contributed by atoms with van der Waals surface area (Å²) in [5, 5.41) is 0. The van der Waals surface area contributed by atoms with Gasteiger partial charge >= 0.3 is 0 Å². The van der Waals surface area contributed by atoms with E-state index >= 15 is 0 Å². The van der Waals surface area contributed by atoms with E-state index < -0.39 is 0 Å². The second-order valence-electron chi connectivity index (χ2n) is 4.44. The molecule has 0 aliphatic carbocycles. The van der Waals surface area contributed by atoms with Gasteiger partial charge in [0.1, 0.15) is 0 Å². The van der Waals surface area contributed by atoms with Gasteiger partial charge in [-0.25, -0.2) is 4.39 Å². The van der Waals surface area contributed by atoms with Crippen molar-refractivity contribution in [1.82, 2.24) is 0 Å². The van der Waals surface area contributed by atoms with Gasteiger partial charge in [0.15, 0.2) is 11.6 Å². The molecule has 0 atom stereocenters. The molecule has 0 amide bonds. The first-order valence-electron chi connectivity index (χ1n) is 5.86. The van der Waals surface area contributed by atoms with Gasteiger partial charge < -0.3 is 10.5 Å². The van der Waals surface area contributed by atoms with Crippen LogP contribution in [-0.4, -0.2) is 6.61 Å². The van der Waals surface area contributed by atoms with E-state index in [1.807, 2.05) is 0 Å². The van der Waals surface area contributed by atoms with Crippen LogP contribution in [0.1, 0.15) is 32.3 Å². The summed E-state index contributed by atoms with van der Waals surface area (Å²) in [6.45, 7) is 5.18. The Kier molecular flexibility index (Phi) is 5.92. The second-order valence-corrected chi connectivity index (χ2v) is 5.23. The molecule has 0 spiro atoms. The average Bonchev–Trinajstić information content (AvgIpc) is 2.29. The van der Waals surface area contributed by atoms with Crippen molar-refractivity contribution in [2.24, 2.45) is 11.7 Å². The van der Waals surface area contributed by atoms with Crippen molar-refractivity contribution in [1.29, 1.82) is 0 Å². The molecule has 0 bridgehead atoms. The molecule has 0 unspecified atom stereocenters. The minimum Gasteiger partial charge on any atom is -0.490 e. The quantitative estimate of drug-likeness (QED) is 0.810. The molecule has 0 aliphatic rings. The molecule has 2 N–H and O–H groups in total. The molecule has 96 valence electrons. The lowest BCUT2D eigenvalue weighted by atomic mass is 10.1. The molecule has 17 heavy (non-hydrogen) atoms. The first-order chi connectivity index (χ1) is 8.06. The van der Waals surface area contributed by atoms with Crippen LogP contribution in [-0.2, 0) is 6.54 Å². The average molecular weight is 304 g/mol. The van der Waals surface area contributed by atoms with E-state index in [0.717, 1.165) is 18.4 Å². The molecule has 0 aromatic heterocycles. The van der Waals surface area contributed by atoms with E-state index in [9.17, 15) is 4.39 Å². The summed E-state index contributed by atoms with van der Waals surface area (Å²) in [5.74, 6) is 0.574. The van der Waals surface area contributed by atoms with Gasteiger partial charge in [-0.3, -0.25) is 0 Å². The lowest BCUT2D eigenvalue weighted by molar-refractivity contribution is 0.283. The van der Waals surface area contributed by atoms with Crippen LogP contribution in [0.25, 0.3) is 0 Å². The van der Waals surface area contributed by atoms with Crippen LogP contribution in [0.15, 0.2) is 16.6 Å². The minimum atomic E-state index is -0.363. The molecule has 0 saturated carbocycles. The van der Waals surface area contributed by atoms with E-state index in [0.29, 0.717) is 23.5 Å². The second kappa shape index (κ2) is 6.97. The van der Waals surface area contributed by atoms with Crippen LogP contribution in [0.5, 0.6) is 5.75 Å². The van der Waals surface area contributed by atoms with Gasteiger partial charge in [-0.05, 0) is 46.3 Å². The summed E-state index contributed by atoms with van der Waals surface area (Å²) in [4.78, 5) is 0. The van der Waals surface area contributed by atoms with Crippen LogP contribution in [0.4, 0.5) is 4.39 Å². The van der Waals surface area contributed by atoms with Crippen molar-refractivity contribution in [2.75, 3.05) is 6.61 Å². The van der Waals surface area contributed by atoms with E-state index in [2.05, 4.69) is 29.8 Å². The van der Waals surface area contributed by atoms with Gasteiger partial charge in [0.05, 0.1) is 11.1 Å². The summed E-state index contributed by atoms with van der Waals surface area (Å²) in [7, 11) is 0. The maximum Gasteiger partial charge on any atom is 0.179 e. The third-order valence-electron chi connectivity index (χ3n) is 2.53. The molecule has 0 saturated heterocycles. The molecule has 0 aliphatic heterocycles. The van der Waals surface area contributed by atoms with Gasteiger partial charge in [0.2, 0.25) is 0 Å². The molecular formula is C13H19BrFNO. The summed E-state index contributed by atoms with van der Waals surface area (Å²) in [5.41, 5.74) is 6.23. The predicted molar refractivity (Wildman–Crippen MR) is 71.6 cm³/mol. The largest absolute Gasteiger partial charge is 0.490 e. The Bertz CT molecular complexity index is 369. The Morgan fingerprint density at radius 2 is 2.12 bits per heavy atom. The fraction of sp³-hybridized carbons (Fsp3) is 0.538. The number of benzene rings is 1. The van der Waals surface area contributed by atoms with E-state index in [-0.39, 0.29) is 11.6 Å². The zero-order valence-corrected chi connectivity index (χ0v) is 11.9. The molecule has 2 nitrogen and oxygen atoms in total. The topological polar surface area (TPSA) is 35.2 Å². The predicted octanol–water partition coefficient (Wildman–Crippen LogP) is 3.86. The smallest absolute Gasteiger partial charge is 0.179 e. The van der Waals surface area contributed by atoms with Gasteiger partial charge in [0.25, 0.3) is 0 Å². The Morgan fingerprint density at radius 1 is 1.41 bits per heavy atom. The molecule has 0 heterocycles. The minimum absolute atomic E-state index is 0.290. The summed E-state index contributed by atoms with van der Waals surface area (Å²) < 4.78 is 19.6.